The Hall–Kier alpha value is -0.580. The highest BCUT2D eigenvalue weighted by atomic mass is 31.2. The van der Waals surface area contributed by atoms with Gasteiger partial charge in [-0.1, -0.05) is 0 Å². The largest absolute Gasteiger partial charge is 0.474 e. The van der Waals surface area contributed by atoms with Gasteiger partial charge in [0.15, 0.2) is 6.10 Å². The molecule has 23 heavy (non-hydrogen) atoms. The summed E-state index contributed by atoms with van der Waals surface area (Å²) in [7, 11) is -3.90. The van der Waals surface area contributed by atoms with E-state index in [-0.39, 0.29) is 19.8 Å². The van der Waals surface area contributed by atoms with Crippen LogP contribution in [0.4, 0.5) is 0 Å². The fourth-order valence-corrected chi connectivity index (χ4v) is 2.67. The molecule has 0 saturated heterocycles. The summed E-state index contributed by atoms with van der Waals surface area (Å²) in [5.41, 5.74) is 0. The van der Waals surface area contributed by atoms with Crippen LogP contribution in [0.1, 0.15) is 20.8 Å². The topological polar surface area (TPSA) is 152 Å². The second kappa shape index (κ2) is 11.1. The maximum Gasteiger partial charge on any atom is 0.474 e. The highest BCUT2D eigenvalue weighted by Crippen LogP contribution is 2.49. The third-order valence-corrected chi connectivity index (χ3v) is 4.19. The molecule has 0 heterocycles. The molecule has 11 heteroatoms. The number of rotatable bonds is 12. The normalized spacial score (nSPS) is 17.3. The summed E-state index contributed by atoms with van der Waals surface area (Å²) in [5.74, 6) is -1.15. The molecule has 4 atom stereocenters. The van der Waals surface area contributed by atoms with Gasteiger partial charge < -0.3 is 25.2 Å². The van der Waals surface area contributed by atoms with E-state index in [0.29, 0.717) is 0 Å². The van der Waals surface area contributed by atoms with Crippen molar-refractivity contribution in [2.75, 3.05) is 26.4 Å². The monoisotopic (exact) mass is 360 g/mol. The Morgan fingerprint density at radius 2 is 1.43 bits per heavy atom. The maximum absolute atomic E-state index is 12.0. The zero-order chi connectivity index (χ0) is 18.0. The van der Waals surface area contributed by atoms with Crippen LogP contribution in [0.3, 0.4) is 0 Å². The molecule has 0 aromatic carbocycles. The molecule has 0 spiro atoms. The van der Waals surface area contributed by atoms with E-state index in [2.05, 4.69) is 4.74 Å². The van der Waals surface area contributed by atoms with Crippen LogP contribution in [0.2, 0.25) is 0 Å². The molecule has 0 aromatic heterocycles. The maximum atomic E-state index is 12.0. The first kappa shape index (κ1) is 22.4. The van der Waals surface area contributed by atoms with Gasteiger partial charge >= 0.3 is 13.8 Å². The Balaban J connectivity index is 4.61. The van der Waals surface area contributed by atoms with Gasteiger partial charge in [-0.2, -0.15) is 0 Å². The second-order valence-electron chi connectivity index (χ2n) is 4.32. The molecule has 10 nitrogen and oxygen atoms in total. The first-order valence-corrected chi connectivity index (χ1v) is 8.60. The molecule has 0 unspecified atom stereocenters. The van der Waals surface area contributed by atoms with Crippen molar-refractivity contribution >= 4 is 13.8 Å². The lowest BCUT2D eigenvalue weighted by atomic mass is 10.0. The molecule has 0 aromatic rings. The fourth-order valence-electron chi connectivity index (χ4n) is 1.48. The lowest BCUT2D eigenvalue weighted by Crippen LogP contribution is -2.49. The van der Waals surface area contributed by atoms with Crippen LogP contribution < -0.4 is 0 Å². The Morgan fingerprint density at radius 1 is 0.913 bits per heavy atom. The fraction of sp³-hybridized carbons (Fsp3) is 0.917. The standard InChI is InChI=1S/C12H25O10P/c1-4-19-12(17)11(16)10(15)9(14)8(13)7-22-23(18,20-5-2)21-6-3/h8-11,13-16H,4-7H2,1-3H3/t8-,9-,10+,11-/m1/s1. The van der Waals surface area contributed by atoms with Crippen molar-refractivity contribution < 1.29 is 48.1 Å². The van der Waals surface area contributed by atoms with Gasteiger partial charge in [0.05, 0.1) is 26.4 Å². The minimum Gasteiger partial charge on any atom is -0.464 e. The molecule has 0 aliphatic heterocycles. The van der Waals surface area contributed by atoms with Crippen molar-refractivity contribution in [3.8, 4) is 0 Å². The molecule has 0 radical (unpaired) electrons. The van der Waals surface area contributed by atoms with Crippen molar-refractivity contribution in [3.63, 3.8) is 0 Å². The van der Waals surface area contributed by atoms with E-state index in [9.17, 15) is 29.8 Å². The van der Waals surface area contributed by atoms with Gasteiger partial charge in [-0.25, -0.2) is 9.36 Å². The summed E-state index contributed by atoms with van der Waals surface area (Å²) >= 11 is 0. The van der Waals surface area contributed by atoms with Gasteiger partial charge in [-0.3, -0.25) is 13.6 Å². The van der Waals surface area contributed by atoms with Gasteiger partial charge in [0.1, 0.15) is 18.3 Å². The van der Waals surface area contributed by atoms with Crippen molar-refractivity contribution in [2.45, 2.75) is 45.2 Å². The summed E-state index contributed by atoms with van der Waals surface area (Å²) < 4.78 is 30.9. The molecule has 0 aliphatic carbocycles. The molecule has 0 aliphatic rings. The number of phosphoric ester groups is 1. The first-order valence-electron chi connectivity index (χ1n) is 7.14. The molecular formula is C12H25O10P. The van der Waals surface area contributed by atoms with Gasteiger partial charge in [0, 0.05) is 0 Å². The van der Waals surface area contributed by atoms with Crippen LogP contribution in [0.25, 0.3) is 0 Å². The summed E-state index contributed by atoms with van der Waals surface area (Å²) in [5, 5.41) is 38.6. The summed E-state index contributed by atoms with van der Waals surface area (Å²) in [6.07, 6.45) is -7.79. The zero-order valence-corrected chi connectivity index (χ0v) is 14.2. The van der Waals surface area contributed by atoms with E-state index in [1.165, 1.54) is 6.92 Å². The van der Waals surface area contributed by atoms with Gasteiger partial charge in [0.2, 0.25) is 0 Å². The van der Waals surface area contributed by atoms with Crippen LogP contribution in [-0.4, -0.2) is 77.2 Å². The predicted molar refractivity (Wildman–Crippen MR) is 77.5 cm³/mol. The number of hydrogen-bond acceptors (Lipinski definition) is 10. The van der Waals surface area contributed by atoms with Gasteiger partial charge in [-0.15, -0.1) is 0 Å². The van der Waals surface area contributed by atoms with Crippen LogP contribution in [0.5, 0.6) is 0 Å². The number of ether oxygens (including phenoxy) is 1. The van der Waals surface area contributed by atoms with Crippen LogP contribution >= 0.6 is 7.82 Å². The van der Waals surface area contributed by atoms with Crippen LogP contribution in [0.15, 0.2) is 0 Å². The zero-order valence-electron chi connectivity index (χ0n) is 13.3. The number of esters is 1. The minimum atomic E-state index is -3.90. The van der Waals surface area contributed by atoms with E-state index < -0.39 is 44.8 Å². The summed E-state index contributed by atoms with van der Waals surface area (Å²) in [4.78, 5) is 11.3. The number of phosphoric acid groups is 1. The van der Waals surface area contributed by atoms with Crippen molar-refractivity contribution in [1.82, 2.24) is 0 Å². The molecular weight excluding hydrogens is 335 g/mol. The lowest BCUT2D eigenvalue weighted by Gasteiger charge is -2.26. The van der Waals surface area contributed by atoms with E-state index in [4.69, 9.17) is 13.6 Å². The smallest absolute Gasteiger partial charge is 0.464 e. The molecule has 0 saturated carbocycles. The average molecular weight is 360 g/mol. The molecule has 0 bridgehead atoms. The average Bonchev–Trinajstić information content (AvgIpc) is 2.51. The number of carbonyl (C=O) groups excluding carboxylic acids is 1. The van der Waals surface area contributed by atoms with E-state index >= 15 is 0 Å². The van der Waals surface area contributed by atoms with E-state index in [1.807, 2.05) is 0 Å². The van der Waals surface area contributed by atoms with Gasteiger partial charge in [-0.05, 0) is 20.8 Å². The number of hydrogen-bond donors (Lipinski definition) is 4. The Bertz CT molecular complexity index is 380. The highest BCUT2D eigenvalue weighted by molar-refractivity contribution is 7.48. The number of carbonyl (C=O) groups is 1. The predicted octanol–water partition coefficient (Wildman–Crippen LogP) is -0.809. The van der Waals surface area contributed by atoms with Crippen molar-refractivity contribution in [2.24, 2.45) is 0 Å². The van der Waals surface area contributed by atoms with Crippen LogP contribution in [0, 0.1) is 0 Å². The van der Waals surface area contributed by atoms with Crippen LogP contribution in [-0.2, 0) is 27.7 Å². The first-order chi connectivity index (χ1) is 10.7. The third kappa shape index (κ3) is 7.69. The number of aliphatic hydroxyl groups excluding tert-OH is 4. The van der Waals surface area contributed by atoms with E-state index in [1.54, 1.807) is 13.8 Å². The quantitative estimate of drug-likeness (QED) is 0.257. The SMILES string of the molecule is CCOC(=O)[C@H](O)[C@@H](O)[C@H](O)[C@H](O)COP(=O)(OCC)OCC. The third-order valence-electron chi connectivity index (χ3n) is 2.57. The molecule has 138 valence electrons. The Morgan fingerprint density at radius 3 is 1.87 bits per heavy atom. The summed E-state index contributed by atoms with van der Waals surface area (Å²) in [6.45, 7) is 3.91. The molecule has 4 N–H and O–H groups in total. The van der Waals surface area contributed by atoms with Crippen molar-refractivity contribution in [3.05, 3.63) is 0 Å². The van der Waals surface area contributed by atoms with Gasteiger partial charge in [0.25, 0.3) is 0 Å². The molecule has 0 rings (SSSR count). The second-order valence-corrected chi connectivity index (χ2v) is 5.99. The minimum absolute atomic E-state index is 0.0279. The Labute approximate surface area is 134 Å². The summed E-state index contributed by atoms with van der Waals surface area (Å²) in [6, 6.07) is 0. The highest BCUT2D eigenvalue weighted by Gasteiger charge is 2.37. The number of aliphatic hydroxyl groups is 4. The lowest BCUT2D eigenvalue weighted by molar-refractivity contribution is -0.169. The molecule has 0 fully saturated rings. The Kier molecular flexibility index (Phi) is 10.8. The van der Waals surface area contributed by atoms with Crippen molar-refractivity contribution in [1.29, 1.82) is 0 Å². The van der Waals surface area contributed by atoms with E-state index in [0.717, 1.165) is 0 Å². The molecule has 0 amide bonds.